The summed E-state index contributed by atoms with van der Waals surface area (Å²) in [6.45, 7) is 3.04. The van der Waals surface area contributed by atoms with Crippen molar-refractivity contribution in [1.82, 2.24) is 9.62 Å². The number of hydrogen-bond acceptors (Lipinski definition) is 5. The molecule has 1 N–H and O–H groups in total. The van der Waals surface area contributed by atoms with Gasteiger partial charge < -0.3 is 14.1 Å². The van der Waals surface area contributed by atoms with Crippen molar-refractivity contribution < 1.29 is 22.4 Å². The molecule has 1 aromatic heterocycles. The van der Waals surface area contributed by atoms with Crippen LogP contribution < -0.4 is 4.72 Å². The van der Waals surface area contributed by atoms with Crippen LogP contribution in [0.3, 0.4) is 0 Å². The number of hydrogen-bond donors (Lipinski definition) is 1. The Morgan fingerprint density at radius 3 is 2.78 bits per heavy atom. The molecule has 1 saturated heterocycles. The molecule has 0 bridgehead atoms. The van der Waals surface area contributed by atoms with Crippen LogP contribution in [0.2, 0.25) is 0 Å². The number of furan rings is 1. The number of carbonyl (C=O) groups is 1. The lowest BCUT2D eigenvalue weighted by molar-refractivity contribution is 0.0774. The van der Waals surface area contributed by atoms with Crippen molar-refractivity contribution in [3.05, 3.63) is 53.5 Å². The zero-order valence-electron chi connectivity index (χ0n) is 15.5. The second kappa shape index (κ2) is 8.24. The maximum absolute atomic E-state index is 12.7. The second-order valence-electron chi connectivity index (χ2n) is 6.69. The van der Waals surface area contributed by atoms with E-state index in [-0.39, 0.29) is 23.5 Å². The molecule has 7 nitrogen and oxygen atoms in total. The van der Waals surface area contributed by atoms with E-state index in [0.29, 0.717) is 24.5 Å². The summed E-state index contributed by atoms with van der Waals surface area (Å²) in [6.07, 6.45) is 1.70. The van der Waals surface area contributed by atoms with Crippen molar-refractivity contribution >= 4 is 15.9 Å². The van der Waals surface area contributed by atoms with Crippen LogP contribution in [0, 0.1) is 6.92 Å². The van der Waals surface area contributed by atoms with E-state index < -0.39 is 10.0 Å². The first-order valence-corrected chi connectivity index (χ1v) is 10.4. The molecular weight excluding hydrogens is 368 g/mol. The molecule has 1 aromatic carbocycles. The third-order valence-electron chi connectivity index (χ3n) is 4.45. The Morgan fingerprint density at radius 2 is 2.11 bits per heavy atom. The fourth-order valence-electron chi connectivity index (χ4n) is 2.98. The Labute approximate surface area is 159 Å². The highest BCUT2D eigenvalue weighted by molar-refractivity contribution is 7.89. The summed E-state index contributed by atoms with van der Waals surface area (Å²) in [5.74, 6) is 1.17. The van der Waals surface area contributed by atoms with E-state index in [4.69, 9.17) is 9.15 Å². The SMILES string of the molecule is Cc1ccc(CN(C)C(=O)c2cccc(S(=O)(=O)NCC3CCCO3)c2)o1. The van der Waals surface area contributed by atoms with E-state index in [1.54, 1.807) is 19.2 Å². The molecule has 146 valence electrons. The van der Waals surface area contributed by atoms with E-state index in [0.717, 1.165) is 18.6 Å². The zero-order valence-corrected chi connectivity index (χ0v) is 16.3. The molecule has 1 unspecified atom stereocenters. The monoisotopic (exact) mass is 392 g/mol. The molecule has 0 spiro atoms. The highest BCUT2D eigenvalue weighted by Gasteiger charge is 2.22. The summed E-state index contributed by atoms with van der Waals surface area (Å²) in [5, 5.41) is 0. The van der Waals surface area contributed by atoms with Gasteiger partial charge in [0.15, 0.2) is 0 Å². The molecule has 27 heavy (non-hydrogen) atoms. The molecule has 1 atom stereocenters. The molecule has 0 saturated carbocycles. The number of nitrogens with zero attached hydrogens (tertiary/aromatic N) is 1. The summed E-state index contributed by atoms with van der Waals surface area (Å²) in [5.41, 5.74) is 0.306. The minimum atomic E-state index is -3.70. The van der Waals surface area contributed by atoms with Gasteiger partial charge in [-0.05, 0) is 50.1 Å². The lowest BCUT2D eigenvalue weighted by atomic mass is 10.2. The van der Waals surface area contributed by atoms with Crippen LogP contribution in [0.25, 0.3) is 0 Å². The first-order chi connectivity index (χ1) is 12.8. The molecule has 2 aromatic rings. The number of carbonyl (C=O) groups excluding carboxylic acids is 1. The van der Waals surface area contributed by atoms with Gasteiger partial charge in [-0.1, -0.05) is 6.07 Å². The van der Waals surface area contributed by atoms with Crippen LogP contribution in [0.5, 0.6) is 0 Å². The largest absolute Gasteiger partial charge is 0.464 e. The van der Waals surface area contributed by atoms with Crippen molar-refractivity contribution in [3.8, 4) is 0 Å². The number of amides is 1. The molecule has 1 aliphatic rings. The quantitative estimate of drug-likeness (QED) is 0.781. The Kier molecular flexibility index (Phi) is 5.98. The topological polar surface area (TPSA) is 88.9 Å². The average molecular weight is 392 g/mol. The Morgan fingerprint density at radius 1 is 1.30 bits per heavy atom. The highest BCUT2D eigenvalue weighted by Crippen LogP contribution is 2.16. The van der Waals surface area contributed by atoms with Crippen LogP contribution in [0.15, 0.2) is 45.7 Å². The third-order valence-corrected chi connectivity index (χ3v) is 5.87. The molecule has 1 aliphatic heterocycles. The van der Waals surface area contributed by atoms with Gasteiger partial charge in [-0.3, -0.25) is 4.79 Å². The van der Waals surface area contributed by atoms with Gasteiger partial charge in [0.05, 0.1) is 17.5 Å². The fraction of sp³-hybridized carbons (Fsp3) is 0.421. The molecule has 0 radical (unpaired) electrons. The van der Waals surface area contributed by atoms with Gasteiger partial charge in [0.1, 0.15) is 11.5 Å². The number of sulfonamides is 1. The highest BCUT2D eigenvalue weighted by atomic mass is 32.2. The minimum absolute atomic E-state index is 0.0635. The van der Waals surface area contributed by atoms with Gasteiger partial charge in [-0.25, -0.2) is 13.1 Å². The maximum Gasteiger partial charge on any atom is 0.254 e. The molecule has 1 fully saturated rings. The molecule has 2 heterocycles. The first kappa shape index (κ1) is 19.6. The second-order valence-corrected chi connectivity index (χ2v) is 8.46. The van der Waals surface area contributed by atoms with Gasteiger partial charge in [0.2, 0.25) is 10.0 Å². The summed E-state index contributed by atoms with van der Waals surface area (Å²) in [4.78, 5) is 14.2. The number of nitrogens with one attached hydrogen (secondary N) is 1. The molecule has 1 amide bonds. The normalized spacial score (nSPS) is 17.2. The smallest absolute Gasteiger partial charge is 0.254 e. The molecule has 0 aliphatic carbocycles. The van der Waals surface area contributed by atoms with Crippen molar-refractivity contribution in [1.29, 1.82) is 0 Å². The van der Waals surface area contributed by atoms with Crippen LogP contribution in [-0.2, 0) is 21.3 Å². The van der Waals surface area contributed by atoms with E-state index in [2.05, 4.69) is 4.72 Å². The van der Waals surface area contributed by atoms with E-state index in [1.165, 1.54) is 17.0 Å². The zero-order chi connectivity index (χ0) is 19.4. The summed E-state index contributed by atoms with van der Waals surface area (Å²) in [6, 6.07) is 9.69. The summed E-state index contributed by atoms with van der Waals surface area (Å²) < 4.78 is 38.5. The average Bonchev–Trinajstić information content (AvgIpc) is 3.31. The summed E-state index contributed by atoms with van der Waals surface area (Å²) in [7, 11) is -2.05. The van der Waals surface area contributed by atoms with Gasteiger partial charge in [0, 0.05) is 25.8 Å². The van der Waals surface area contributed by atoms with E-state index in [9.17, 15) is 13.2 Å². The van der Waals surface area contributed by atoms with E-state index in [1.807, 2.05) is 19.1 Å². The number of aryl methyl sites for hydroxylation is 1. The Balaban J connectivity index is 1.68. The van der Waals surface area contributed by atoms with Crippen molar-refractivity contribution in [2.24, 2.45) is 0 Å². The van der Waals surface area contributed by atoms with Gasteiger partial charge in [-0.2, -0.15) is 0 Å². The van der Waals surface area contributed by atoms with E-state index >= 15 is 0 Å². The van der Waals surface area contributed by atoms with Crippen LogP contribution in [-0.4, -0.2) is 45.5 Å². The van der Waals surface area contributed by atoms with Gasteiger partial charge in [0.25, 0.3) is 5.91 Å². The van der Waals surface area contributed by atoms with Crippen LogP contribution in [0.1, 0.15) is 34.7 Å². The molecule has 8 heteroatoms. The predicted molar refractivity (Wildman–Crippen MR) is 99.8 cm³/mol. The van der Waals surface area contributed by atoms with Crippen molar-refractivity contribution in [2.75, 3.05) is 20.2 Å². The number of rotatable bonds is 7. The lowest BCUT2D eigenvalue weighted by Gasteiger charge is -2.16. The number of ether oxygens (including phenoxy) is 1. The molecule has 3 rings (SSSR count). The molecular formula is C19H24N2O5S. The first-order valence-electron chi connectivity index (χ1n) is 8.87. The summed E-state index contributed by atoms with van der Waals surface area (Å²) >= 11 is 0. The van der Waals surface area contributed by atoms with Gasteiger partial charge in [-0.15, -0.1) is 0 Å². The third kappa shape index (κ3) is 4.97. The minimum Gasteiger partial charge on any atom is -0.464 e. The number of benzene rings is 1. The van der Waals surface area contributed by atoms with Crippen LogP contribution >= 0.6 is 0 Å². The van der Waals surface area contributed by atoms with Crippen LogP contribution in [0.4, 0.5) is 0 Å². The fourth-order valence-corrected chi connectivity index (χ4v) is 4.10. The lowest BCUT2D eigenvalue weighted by Crippen LogP contribution is -2.32. The predicted octanol–water partition coefficient (Wildman–Crippen LogP) is 2.32. The Hall–Kier alpha value is -2.16. The maximum atomic E-state index is 12.7. The van der Waals surface area contributed by atoms with Crippen molar-refractivity contribution in [3.63, 3.8) is 0 Å². The Bertz CT molecular complexity index is 900. The van der Waals surface area contributed by atoms with Crippen molar-refractivity contribution in [2.45, 2.75) is 37.3 Å². The standard InChI is InChI=1S/C19H24N2O5S/c1-14-8-9-17(26-14)13-21(2)19(22)15-5-3-7-18(11-15)27(23,24)20-12-16-6-4-10-25-16/h3,5,7-9,11,16,20H,4,6,10,12-13H2,1-2H3. The van der Waals surface area contributed by atoms with Gasteiger partial charge >= 0.3 is 0 Å².